The summed E-state index contributed by atoms with van der Waals surface area (Å²) in [6.07, 6.45) is 4.11. The average Bonchev–Trinajstić information content (AvgIpc) is 3.09. The van der Waals surface area contributed by atoms with Crippen LogP contribution in [-0.2, 0) is 6.18 Å². The molecule has 1 unspecified atom stereocenters. The van der Waals surface area contributed by atoms with Gasteiger partial charge in [0.15, 0.2) is 5.82 Å². The van der Waals surface area contributed by atoms with Gasteiger partial charge in [-0.25, -0.2) is 4.98 Å². The van der Waals surface area contributed by atoms with E-state index in [2.05, 4.69) is 9.97 Å². The maximum Gasteiger partial charge on any atom is 0.417 e. The molecule has 10 heteroatoms. The number of allylic oxidation sites excluding steroid dienone is 1. The normalized spacial score (nSPS) is 18.6. The molecule has 3 heterocycles. The molecule has 0 spiro atoms. The van der Waals surface area contributed by atoms with Gasteiger partial charge in [-0.2, -0.15) is 13.2 Å². The van der Waals surface area contributed by atoms with Crippen LogP contribution in [0, 0.1) is 0 Å². The van der Waals surface area contributed by atoms with Crippen molar-refractivity contribution in [3.8, 4) is 0 Å². The van der Waals surface area contributed by atoms with Crippen LogP contribution in [0.2, 0.25) is 5.02 Å². The number of hydrogen-bond acceptors (Lipinski definition) is 5. The van der Waals surface area contributed by atoms with E-state index in [4.69, 9.17) is 11.6 Å². The minimum atomic E-state index is -4.64. The van der Waals surface area contributed by atoms with Crippen LogP contribution in [0.25, 0.3) is 0 Å². The first-order valence-corrected chi connectivity index (χ1v) is 9.97. The van der Waals surface area contributed by atoms with Crippen molar-refractivity contribution in [1.29, 1.82) is 0 Å². The molecular formula is C21H19ClF3N5O. The summed E-state index contributed by atoms with van der Waals surface area (Å²) in [5, 5.41) is -0.594. The first-order valence-electron chi connectivity index (χ1n) is 9.59. The van der Waals surface area contributed by atoms with Crippen LogP contribution in [0.5, 0.6) is 0 Å². The number of amides is 1. The van der Waals surface area contributed by atoms with Crippen molar-refractivity contribution in [2.75, 3.05) is 18.6 Å². The van der Waals surface area contributed by atoms with E-state index in [1.165, 1.54) is 17.0 Å². The summed E-state index contributed by atoms with van der Waals surface area (Å²) >= 11 is 6.00. The zero-order valence-electron chi connectivity index (χ0n) is 16.8. The number of anilines is 1. The Morgan fingerprint density at radius 3 is 2.71 bits per heavy atom. The van der Waals surface area contributed by atoms with E-state index in [0.717, 1.165) is 17.5 Å². The molecule has 0 radical (unpaired) electrons. The lowest BCUT2D eigenvalue weighted by molar-refractivity contribution is -0.137. The highest BCUT2D eigenvalue weighted by atomic mass is 35.5. The van der Waals surface area contributed by atoms with Gasteiger partial charge in [-0.3, -0.25) is 9.78 Å². The van der Waals surface area contributed by atoms with Crippen LogP contribution >= 0.6 is 11.6 Å². The summed E-state index contributed by atoms with van der Waals surface area (Å²) < 4.78 is 39.8. The van der Waals surface area contributed by atoms with Gasteiger partial charge in [0.05, 0.1) is 46.5 Å². The van der Waals surface area contributed by atoms with Gasteiger partial charge >= 0.3 is 6.18 Å². The molecule has 1 atom stereocenters. The van der Waals surface area contributed by atoms with Crippen molar-refractivity contribution in [1.82, 2.24) is 19.8 Å². The van der Waals surface area contributed by atoms with Gasteiger partial charge in [-0.1, -0.05) is 24.6 Å². The Hall–Kier alpha value is -3.07. The first kappa shape index (κ1) is 21.2. The summed E-state index contributed by atoms with van der Waals surface area (Å²) in [5.74, 6) is 0.0802. The third-order valence-corrected chi connectivity index (χ3v) is 5.75. The fraction of sp³-hybridized carbons (Fsp3) is 0.286. The molecule has 6 nitrogen and oxygen atoms in total. The van der Waals surface area contributed by atoms with E-state index in [9.17, 15) is 18.0 Å². The van der Waals surface area contributed by atoms with Crippen molar-refractivity contribution < 1.29 is 18.0 Å². The molecule has 0 saturated carbocycles. The molecule has 2 aliphatic heterocycles. The lowest BCUT2D eigenvalue weighted by Crippen LogP contribution is -2.42. The molecule has 1 aromatic carbocycles. The number of carbonyl (C=O) groups is 1. The molecule has 162 valence electrons. The number of aromatic nitrogens is 2. The van der Waals surface area contributed by atoms with Crippen molar-refractivity contribution in [2.45, 2.75) is 25.6 Å². The lowest BCUT2D eigenvalue weighted by atomic mass is 10.0. The molecule has 2 aromatic rings. The SMILES string of the molecule is CCC1C2=C(C=CN1C(=O)c1cccc(C(F)(F)F)c1Cl)N(c1cnccn1)CN2C. The largest absolute Gasteiger partial charge is 0.417 e. The molecular weight excluding hydrogens is 431 g/mol. The number of nitrogens with zero attached hydrogens (tertiary/aromatic N) is 5. The van der Waals surface area contributed by atoms with Crippen molar-refractivity contribution >= 4 is 23.3 Å². The topological polar surface area (TPSA) is 52.6 Å². The highest BCUT2D eigenvalue weighted by Gasteiger charge is 2.40. The highest BCUT2D eigenvalue weighted by molar-refractivity contribution is 6.34. The number of rotatable bonds is 3. The Morgan fingerprint density at radius 2 is 2.06 bits per heavy atom. The molecule has 31 heavy (non-hydrogen) atoms. The number of carbonyl (C=O) groups excluding carboxylic acids is 1. The predicted molar refractivity (Wildman–Crippen MR) is 110 cm³/mol. The minimum absolute atomic E-state index is 0.185. The van der Waals surface area contributed by atoms with Crippen LogP contribution in [0.4, 0.5) is 19.0 Å². The van der Waals surface area contributed by atoms with Crippen LogP contribution in [0.15, 0.2) is 60.5 Å². The van der Waals surface area contributed by atoms with Crippen molar-refractivity contribution in [2.24, 2.45) is 0 Å². The zero-order chi connectivity index (χ0) is 22.3. The number of alkyl halides is 3. The maximum atomic E-state index is 13.3. The molecule has 1 aromatic heterocycles. The fourth-order valence-corrected chi connectivity index (χ4v) is 4.28. The van der Waals surface area contributed by atoms with Gasteiger partial charge in [-0.15, -0.1) is 0 Å². The number of halogens is 4. The molecule has 4 rings (SSSR count). The molecule has 0 fully saturated rings. The van der Waals surface area contributed by atoms with Crippen molar-refractivity contribution in [3.05, 3.63) is 76.6 Å². The fourth-order valence-electron chi connectivity index (χ4n) is 3.97. The summed E-state index contributed by atoms with van der Waals surface area (Å²) in [4.78, 5) is 27.1. The Bertz CT molecular complexity index is 1070. The van der Waals surface area contributed by atoms with Crippen LogP contribution in [0.1, 0.15) is 29.3 Å². The second kappa shape index (κ2) is 7.88. The molecule has 0 N–H and O–H groups in total. The summed E-state index contributed by atoms with van der Waals surface area (Å²) in [6, 6.07) is 3.00. The van der Waals surface area contributed by atoms with E-state index in [-0.39, 0.29) is 11.6 Å². The quantitative estimate of drug-likeness (QED) is 0.689. The van der Waals surface area contributed by atoms with Gasteiger partial charge in [0.25, 0.3) is 5.91 Å². The summed E-state index contributed by atoms with van der Waals surface area (Å²) in [5.41, 5.74) is 0.539. The summed E-state index contributed by atoms with van der Waals surface area (Å²) in [7, 11) is 1.90. The van der Waals surface area contributed by atoms with Crippen LogP contribution < -0.4 is 4.90 Å². The van der Waals surface area contributed by atoms with Gasteiger partial charge in [0.1, 0.15) is 0 Å². The molecule has 0 saturated heterocycles. The van der Waals surface area contributed by atoms with E-state index in [0.29, 0.717) is 18.9 Å². The van der Waals surface area contributed by atoms with Gasteiger partial charge in [0, 0.05) is 25.6 Å². The van der Waals surface area contributed by atoms with E-state index in [1.807, 2.05) is 23.8 Å². The Balaban J connectivity index is 1.71. The Kier molecular flexibility index (Phi) is 5.38. The summed E-state index contributed by atoms with van der Waals surface area (Å²) in [6.45, 7) is 2.43. The number of benzene rings is 1. The predicted octanol–water partition coefficient (Wildman–Crippen LogP) is 4.52. The van der Waals surface area contributed by atoms with Gasteiger partial charge < -0.3 is 14.7 Å². The molecule has 0 aliphatic carbocycles. The van der Waals surface area contributed by atoms with E-state index >= 15 is 0 Å². The number of hydrogen-bond donors (Lipinski definition) is 0. The lowest BCUT2D eigenvalue weighted by Gasteiger charge is -2.35. The monoisotopic (exact) mass is 449 g/mol. The third-order valence-electron chi connectivity index (χ3n) is 5.34. The molecule has 1 amide bonds. The van der Waals surface area contributed by atoms with E-state index < -0.39 is 22.7 Å². The maximum absolute atomic E-state index is 13.3. The number of likely N-dealkylation sites (N-methyl/N-ethyl adjacent to an activating group) is 1. The standard InChI is InChI=1S/C21H19ClF3N5O/c1-3-15-19-16(30(12-28(19)2)17-11-26-8-9-27-17)7-10-29(15)20(31)13-5-4-6-14(18(13)22)21(23,24)25/h4-11,15H,3,12H2,1-2H3. The third kappa shape index (κ3) is 3.63. The van der Waals surface area contributed by atoms with Crippen LogP contribution in [0.3, 0.4) is 0 Å². The molecule has 2 aliphatic rings. The average molecular weight is 450 g/mol. The first-order chi connectivity index (χ1) is 14.7. The van der Waals surface area contributed by atoms with Gasteiger partial charge in [0.2, 0.25) is 0 Å². The Labute approximate surface area is 182 Å². The zero-order valence-corrected chi connectivity index (χ0v) is 17.5. The van der Waals surface area contributed by atoms with Gasteiger partial charge in [-0.05, 0) is 24.6 Å². The smallest absolute Gasteiger partial charge is 0.356 e. The molecule has 0 bridgehead atoms. The van der Waals surface area contributed by atoms with Crippen LogP contribution in [-0.4, -0.2) is 45.4 Å². The van der Waals surface area contributed by atoms with E-state index in [1.54, 1.807) is 30.9 Å². The minimum Gasteiger partial charge on any atom is -0.356 e. The second-order valence-electron chi connectivity index (χ2n) is 7.22. The second-order valence-corrected chi connectivity index (χ2v) is 7.60. The highest BCUT2D eigenvalue weighted by Crippen LogP contribution is 2.39. The van der Waals surface area contributed by atoms with Crippen molar-refractivity contribution in [3.63, 3.8) is 0 Å². The Morgan fingerprint density at radius 1 is 1.29 bits per heavy atom.